The Morgan fingerprint density at radius 3 is 2.62 bits per heavy atom. The van der Waals surface area contributed by atoms with Gasteiger partial charge in [0.25, 0.3) is 11.8 Å². The van der Waals surface area contributed by atoms with Gasteiger partial charge in [-0.3, -0.25) is 9.59 Å². The van der Waals surface area contributed by atoms with Gasteiger partial charge in [0.05, 0.1) is 22.3 Å². The van der Waals surface area contributed by atoms with Crippen molar-refractivity contribution >= 4 is 40.7 Å². The summed E-state index contributed by atoms with van der Waals surface area (Å²) in [5.41, 5.74) is -0.755. The van der Waals surface area contributed by atoms with Crippen LogP contribution < -0.4 is 15.4 Å². The molecule has 192 valence electrons. The molecular weight excluding hydrogens is 529 g/mol. The Hall–Kier alpha value is -3.75. The third-order valence-electron chi connectivity index (χ3n) is 5.85. The predicted octanol–water partition coefficient (Wildman–Crippen LogP) is 5.16. The number of amides is 2. The Morgan fingerprint density at radius 1 is 1.27 bits per heavy atom. The third-order valence-corrected chi connectivity index (χ3v) is 6.37. The predicted molar refractivity (Wildman–Crippen MR) is 131 cm³/mol. The lowest BCUT2D eigenvalue weighted by molar-refractivity contribution is -0.0530. The van der Waals surface area contributed by atoms with Crippen LogP contribution in [0.2, 0.25) is 10.0 Å². The van der Waals surface area contributed by atoms with Crippen LogP contribution in [0.3, 0.4) is 0 Å². The number of benzene rings is 1. The Kier molecular flexibility index (Phi) is 7.34. The Balaban J connectivity index is 1.72. The van der Waals surface area contributed by atoms with Crippen LogP contribution in [0.5, 0.6) is 5.88 Å². The molecule has 1 saturated carbocycles. The zero-order valence-electron chi connectivity index (χ0n) is 19.6. The van der Waals surface area contributed by atoms with Crippen LogP contribution in [-0.4, -0.2) is 38.7 Å². The van der Waals surface area contributed by atoms with Crippen molar-refractivity contribution in [1.82, 2.24) is 20.1 Å². The minimum Gasteiger partial charge on any atom is -0.415 e. The Labute approximate surface area is 220 Å². The van der Waals surface area contributed by atoms with Gasteiger partial charge in [-0.15, -0.1) is 5.10 Å². The molecule has 3 aromatic rings. The van der Waals surface area contributed by atoms with Crippen LogP contribution in [0.15, 0.2) is 36.5 Å². The van der Waals surface area contributed by atoms with E-state index < -0.39 is 29.8 Å². The molecule has 4 rings (SSSR count). The maximum absolute atomic E-state index is 13.4. The van der Waals surface area contributed by atoms with Crippen molar-refractivity contribution in [2.24, 2.45) is 5.92 Å². The standard InChI is InChI=1S/C24H20Cl2F2N6O3/c1-12-8-14(25)9-15(21(35)32-24(2,11-29)13-5-6-13)19(12)31-22(36)17-10-18(37-23(27)28)33-34(17)20-16(26)4-3-7-30-20/h3-4,7-10,13,23H,5-6H2,1-2H3,(H,31,36)(H,32,35). The normalized spacial score (nSPS) is 14.5. The number of ether oxygens (including phenoxy) is 1. The number of hydrogen-bond acceptors (Lipinski definition) is 6. The summed E-state index contributed by atoms with van der Waals surface area (Å²) in [6, 6.07) is 9.08. The number of alkyl halides is 2. The average molecular weight is 549 g/mol. The van der Waals surface area contributed by atoms with Gasteiger partial charge in [-0.05, 0) is 62.4 Å². The fraction of sp³-hybridized carbons (Fsp3) is 0.292. The van der Waals surface area contributed by atoms with Crippen molar-refractivity contribution in [3.8, 4) is 17.8 Å². The van der Waals surface area contributed by atoms with Crippen molar-refractivity contribution in [3.05, 3.63) is 63.4 Å². The number of aromatic nitrogens is 3. The summed E-state index contributed by atoms with van der Waals surface area (Å²) in [5, 5.41) is 19.2. The first-order chi connectivity index (χ1) is 17.5. The van der Waals surface area contributed by atoms with Crippen molar-refractivity contribution in [3.63, 3.8) is 0 Å². The van der Waals surface area contributed by atoms with Crippen LogP contribution >= 0.6 is 23.2 Å². The summed E-state index contributed by atoms with van der Waals surface area (Å²) in [5.74, 6) is -1.95. The molecule has 37 heavy (non-hydrogen) atoms. The number of nitriles is 1. The minimum atomic E-state index is -3.19. The van der Waals surface area contributed by atoms with Gasteiger partial charge in [0.15, 0.2) is 5.82 Å². The molecule has 2 amide bonds. The van der Waals surface area contributed by atoms with E-state index in [2.05, 4.69) is 31.5 Å². The Morgan fingerprint density at radius 2 is 2.00 bits per heavy atom. The second kappa shape index (κ2) is 10.3. The van der Waals surface area contributed by atoms with Crippen LogP contribution in [0.1, 0.15) is 46.2 Å². The lowest BCUT2D eigenvalue weighted by Gasteiger charge is -2.24. The number of halogens is 4. The van der Waals surface area contributed by atoms with E-state index in [4.69, 9.17) is 23.2 Å². The first-order valence-electron chi connectivity index (χ1n) is 11.0. The number of nitrogens with zero attached hydrogens (tertiary/aromatic N) is 4. The summed E-state index contributed by atoms with van der Waals surface area (Å²) >= 11 is 12.4. The summed E-state index contributed by atoms with van der Waals surface area (Å²) < 4.78 is 31.0. The van der Waals surface area contributed by atoms with E-state index >= 15 is 0 Å². The van der Waals surface area contributed by atoms with Crippen molar-refractivity contribution in [1.29, 1.82) is 5.26 Å². The number of aryl methyl sites for hydroxylation is 1. The lowest BCUT2D eigenvalue weighted by Crippen LogP contribution is -2.47. The number of carbonyl (C=O) groups excluding carboxylic acids is 2. The molecule has 1 fully saturated rings. The Bertz CT molecular complexity index is 1420. The average Bonchev–Trinajstić information content (AvgIpc) is 3.62. The summed E-state index contributed by atoms with van der Waals surface area (Å²) in [6.45, 7) is 0.0759. The van der Waals surface area contributed by atoms with Crippen molar-refractivity contribution in [2.45, 2.75) is 38.8 Å². The first kappa shape index (κ1) is 26.3. The van der Waals surface area contributed by atoms with E-state index in [0.717, 1.165) is 23.6 Å². The van der Waals surface area contributed by atoms with E-state index in [-0.39, 0.29) is 38.7 Å². The second-order valence-electron chi connectivity index (χ2n) is 8.61. The SMILES string of the molecule is Cc1cc(Cl)cc(C(=O)NC(C)(C#N)C2CC2)c1NC(=O)c1cc(OC(F)F)nn1-c1ncccc1Cl. The highest BCUT2D eigenvalue weighted by Gasteiger charge is 2.43. The largest absolute Gasteiger partial charge is 0.415 e. The van der Waals surface area contributed by atoms with Gasteiger partial charge in [-0.2, -0.15) is 14.0 Å². The topological polar surface area (TPSA) is 122 Å². The lowest BCUT2D eigenvalue weighted by atomic mass is 9.96. The molecule has 9 nitrogen and oxygen atoms in total. The van der Waals surface area contributed by atoms with Gasteiger partial charge >= 0.3 is 6.61 Å². The third kappa shape index (κ3) is 5.65. The van der Waals surface area contributed by atoms with Crippen molar-refractivity contribution < 1.29 is 23.1 Å². The molecule has 1 aliphatic rings. The number of nitrogens with one attached hydrogen (secondary N) is 2. The van der Waals surface area contributed by atoms with Gasteiger partial charge in [-0.1, -0.05) is 23.2 Å². The van der Waals surface area contributed by atoms with E-state index in [0.29, 0.717) is 5.56 Å². The molecule has 13 heteroatoms. The molecule has 2 N–H and O–H groups in total. The highest BCUT2D eigenvalue weighted by Crippen LogP contribution is 2.39. The molecule has 1 unspecified atom stereocenters. The van der Waals surface area contributed by atoms with Gasteiger partial charge in [0, 0.05) is 17.3 Å². The zero-order valence-corrected chi connectivity index (χ0v) is 21.1. The quantitative estimate of drug-likeness (QED) is 0.401. The molecular formula is C24H20Cl2F2N6O3. The molecule has 1 atom stereocenters. The molecule has 2 aromatic heterocycles. The smallest absolute Gasteiger partial charge is 0.388 e. The van der Waals surface area contributed by atoms with E-state index in [1.807, 2.05) is 0 Å². The maximum atomic E-state index is 13.4. The van der Waals surface area contributed by atoms with E-state index in [1.165, 1.54) is 24.4 Å². The zero-order chi connectivity index (χ0) is 26.9. The number of anilines is 1. The number of hydrogen-bond donors (Lipinski definition) is 2. The molecule has 1 aromatic carbocycles. The highest BCUT2D eigenvalue weighted by molar-refractivity contribution is 6.32. The van der Waals surface area contributed by atoms with Crippen LogP contribution in [0.25, 0.3) is 5.82 Å². The molecule has 0 spiro atoms. The van der Waals surface area contributed by atoms with Crippen LogP contribution in [0, 0.1) is 24.2 Å². The molecule has 1 aliphatic carbocycles. The molecule has 2 heterocycles. The summed E-state index contributed by atoms with van der Waals surface area (Å²) in [6.07, 6.45) is 3.01. The highest BCUT2D eigenvalue weighted by atomic mass is 35.5. The van der Waals surface area contributed by atoms with Gasteiger partial charge in [-0.25, -0.2) is 9.67 Å². The number of carbonyl (C=O) groups is 2. The van der Waals surface area contributed by atoms with E-state index in [1.54, 1.807) is 19.9 Å². The monoisotopic (exact) mass is 548 g/mol. The number of rotatable bonds is 8. The molecule has 0 bridgehead atoms. The number of pyridine rings is 1. The van der Waals surface area contributed by atoms with Gasteiger partial charge in [0.1, 0.15) is 11.2 Å². The summed E-state index contributed by atoms with van der Waals surface area (Å²) in [7, 11) is 0. The molecule has 0 saturated heterocycles. The second-order valence-corrected chi connectivity index (χ2v) is 9.45. The fourth-order valence-corrected chi connectivity index (χ4v) is 4.29. The van der Waals surface area contributed by atoms with E-state index in [9.17, 15) is 23.6 Å². The minimum absolute atomic E-state index is 0.00144. The fourth-order valence-electron chi connectivity index (χ4n) is 3.82. The summed E-state index contributed by atoms with van der Waals surface area (Å²) in [4.78, 5) is 30.7. The van der Waals surface area contributed by atoms with Crippen LogP contribution in [0.4, 0.5) is 14.5 Å². The first-order valence-corrected chi connectivity index (χ1v) is 11.8. The molecule has 0 aliphatic heterocycles. The van der Waals surface area contributed by atoms with Crippen LogP contribution in [-0.2, 0) is 0 Å². The molecule has 0 radical (unpaired) electrons. The van der Waals surface area contributed by atoms with Gasteiger partial charge < -0.3 is 15.4 Å². The van der Waals surface area contributed by atoms with Gasteiger partial charge in [0.2, 0.25) is 5.88 Å². The van der Waals surface area contributed by atoms with Crippen molar-refractivity contribution in [2.75, 3.05) is 5.32 Å². The maximum Gasteiger partial charge on any atom is 0.388 e.